The molecule has 1 amide bonds. The maximum absolute atomic E-state index is 12.2. The number of thiophene rings is 1. The molecule has 2 rings (SSSR count). The van der Waals surface area contributed by atoms with Crippen molar-refractivity contribution >= 4 is 33.2 Å². The van der Waals surface area contributed by atoms with Crippen LogP contribution in [0.25, 0.3) is 0 Å². The molecule has 23 heavy (non-hydrogen) atoms. The third kappa shape index (κ3) is 5.29. The fourth-order valence-corrected chi connectivity index (χ4v) is 4.16. The van der Waals surface area contributed by atoms with Crippen molar-refractivity contribution in [2.45, 2.75) is 43.0 Å². The first-order valence-corrected chi connectivity index (χ1v) is 9.67. The minimum absolute atomic E-state index is 0.127. The van der Waals surface area contributed by atoms with E-state index < -0.39 is 28.6 Å². The van der Waals surface area contributed by atoms with E-state index in [4.69, 9.17) is 4.74 Å². The minimum Gasteiger partial charge on any atom is -0.454 e. The van der Waals surface area contributed by atoms with E-state index >= 15 is 0 Å². The molecule has 9 heteroatoms. The monoisotopic (exact) mass is 360 g/mol. The molecule has 1 atom stereocenters. The molecule has 1 aromatic rings. The maximum atomic E-state index is 12.2. The van der Waals surface area contributed by atoms with Crippen molar-refractivity contribution in [1.82, 2.24) is 10.0 Å². The summed E-state index contributed by atoms with van der Waals surface area (Å²) in [7, 11) is -3.79. The minimum atomic E-state index is -3.79. The van der Waals surface area contributed by atoms with Gasteiger partial charge in [0.25, 0.3) is 15.9 Å². The lowest BCUT2D eigenvalue weighted by Gasteiger charge is -2.20. The van der Waals surface area contributed by atoms with Gasteiger partial charge in [-0.15, -0.1) is 11.3 Å². The Balaban J connectivity index is 1.94. The van der Waals surface area contributed by atoms with Crippen LogP contribution in [-0.4, -0.2) is 39.0 Å². The van der Waals surface area contributed by atoms with Crippen molar-refractivity contribution < 1.29 is 22.7 Å². The summed E-state index contributed by atoms with van der Waals surface area (Å²) in [6.45, 7) is 3.00. The molecule has 1 fully saturated rings. The summed E-state index contributed by atoms with van der Waals surface area (Å²) in [6, 6.07) is 2.21. The zero-order valence-electron chi connectivity index (χ0n) is 12.9. The number of sulfonamides is 1. The Kier molecular flexibility index (Phi) is 5.77. The Morgan fingerprint density at radius 1 is 1.39 bits per heavy atom. The highest BCUT2D eigenvalue weighted by Gasteiger charge is 2.31. The molecule has 1 aliphatic rings. The van der Waals surface area contributed by atoms with Crippen LogP contribution >= 0.6 is 11.3 Å². The number of rotatable bonds is 8. The largest absolute Gasteiger partial charge is 0.454 e. The lowest BCUT2D eigenvalue weighted by atomic mass is 10.1. The average molecular weight is 360 g/mol. The van der Waals surface area contributed by atoms with E-state index in [2.05, 4.69) is 10.0 Å². The van der Waals surface area contributed by atoms with Gasteiger partial charge in [0.2, 0.25) is 0 Å². The van der Waals surface area contributed by atoms with E-state index in [9.17, 15) is 18.0 Å². The quantitative estimate of drug-likeness (QED) is 0.670. The molecule has 1 heterocycles. The Morgan fingerprint density at radius 3 is 2.61 bits per heavy atom. The number of nitrogens with one attached hydrogen (secondary N) is 2. The number of ether oxygens (including phenoxy) is 1. The van der Waals surface area contributed by atoms with Crippen LogP contribution in [0.5, 0.6) is 0 Å². The second-order valence-corrected chi connectivity index (χ2v) is 8.61. The Bertz CT molecular complexity index is 651. The van der Waals surface area contributed by atoms with Gasteiger partial charge in [0.15, 0.2) is 6.61 Å². The zero-order valence-corrected chi connectivity index (χ0v) is 14.6. The van der Waals surface area contributed by atoms with Crippen molar-refractivity contribution in [3.05, 3.63) is 17.5 Å². The van der Waals surface area contributed by atoms with Crippen molar-refractivity contribution in [2.24, 2.45) is 5.92 Å². The van der Waals surface area contributed by atoms with E-state index in [1.54, 1.807) is 25.3 Å². The van der Waals surface area contributed by atoms with Crippen molar-refractivity contribution in [2.75, 3.05) is 6.61 Å². The predicted octanol–water partition coefficient (Wildman–Crippen LogP) is 0.873. The van der Waals surface area contributed by atoms with Gasteiger partial charge in [-0.3, -0.25) is 9.59 Å². The number of esters is 1. The second-order valence-electron chi connectivity index (χ2n) is 5.72. The van der Waals surface area contributed by atoms with Gasteiger partial charge in [-0.25, -0.2) is 8.42 Å². The van der Waals surface area contributed by atoms with Crippen molar-refractivity contribution in [3.8, 4) is 0 Å². The van der Waals surface area contributed by atoms with Gasteiger partial charge in [0.05, 0.1) is 0 Å². The summed E-state index contributed by atoms with van der Waals surface area (Å²) < 4.78 is 31.9. The van der Waals surface area contributed by atoms with Crippen LogP contribution in [0.2, 0.25) is 0 Å². The number of amides is 1. The fourth-order valence-electron chi connectivity index (χ4n) is 1.82. The van der Waals surface area contributed by atoms with Crippen LogP contribution < -0.4 is 10.0 Å². The van der Waals surface area contributed by atoms with Gasteiger partial charge < -0.3 is 10.1 Å². The van der Waals surface area contributed by atoms with Gasteiger partial charge in [-0.05, 0) is 30.2 Å². The number of hydrogen-bond acceptors (Lipinski definition) is 6. The summed E-state index contributed by atoms with van der Waals surface area (Å²) in [6.07, 6.45) is 1.88. The first kappa shape index (κ1) is 17.9. The van der Waals surface area contributed by atoms with Gasteiger partial charge in [0, 0.05) is 6.04 Å². The van der Waals surface area contributed by atoms with E-state index in [0.717, 1.165) is 24.2 Å². The zero-order chi connectivity index (χ0) is 17.0. The van der Waals surface area contributed by atoms with Crippen LogP contribution in [-0.2, 0) is 24.3 Å². The molecular weight excluding hydrogens is 340 g/mol. The molecule has 0 aromatic carbocycles. The first-order valence-electron chi connectivity index (χ1n) is 7.31. The van der Waals surface area contributed by atoms with E-state index in [-0.39, 0.29) is 22.1 Å². The Hall–Kier alpha value is -1.45. The van der Waals surface area contributed by atoms with Crippen molar-refractivity contribution in [1.29, 1.82) is 0 Å². The molecule has 0 radical (unpaired) electrons. The van der Waals surface area contributed by atoms with Crippen molar-refractivity contribution in [3.63, 3.8) is 0 Å². The molecule has 0 aliphatic heterocycles. The molecule has 1 saturated carbocycles. The summed E-state index contributed by atoms with van der Waals surface area (Å²) in [5, 5.41) is 4.33. The molecule has 128 valence electrons. The Labute approximate surface area is 139 Å². The van der Waals surface area contributed by atoms with Crippen LogP contribution in [0.4, 0.5) is 0 Å². The average Bonchev–Trinajstić information content (AvgIpc) is 3.10. The number of carbonyl (C=O) groups is 2. The topological polar surface area (TPSA) is 102 Å². The van der Waals surface area contributed by atoms with E-state index in [1.165, 1.54) is 6.07 Å². The van der Waals surface area contributed by atoms with Gasteiger partial charge in [0.1, 0.15) is 10.3 Å². The van der Waals surface area contributed by atoms with Crippen LogP contribution in [0, 0.1) is 5.92 Å². The highest BCUT2D eigenvalue weighted by atomic mass is 32.2. The second kappa shape index (κ2) is 7.41. The maximum Gasteiger partial charge on any atom is 0.324 e. The molecule has 0 spiro atoms. The molecule has 0 saturated heterocycles. The first-order chi connectivity index (χ1) is 10.8. The van der Waals surface area contributed by atoms with Gasteiger partial charge in [-0.1, -0.05) is 19.9 Å². The fraction of sp³-hybridized carbons (Fsp3) is 0.571. The molecule has 7 nitrogen and oxygen atoms in total. The number of hydrogen-bond donors (Lipinski definition) is 2. The van der Waals surface area contributed by atoms with E-state index in [0.29, 0.717) is 0 Å². The summed E-state index contributed by atoms with van der Waals surface area (Å²) >= 11 is 1.06. The normalized spacial score (nSPS) is 16.1. The lowest BCUT2D eigenvalue weighted by Crippen LogP contribution is -2.46. The number of carbonyl (C=O) groups excluding carboxylic acids is 2. The third-order valence-electron chi connectivity index (χ3n) is 3.25. The summed E-state index contributed by atoms with van der Waals surface area (Å²) in [4.78, 5) is 23.6. The smallest absolute Gasteiger partial charge is 0.324 e. The summed E-state index contributed by atoms with van der Waals surface area (Å²) in [5.41, 5.74) is 0. The molecule has 2 N–H and O–H groups in total. The molecular formula is C14H20N2O5S2. The SMILES string of the molecule is CC(C)[C@H](NS(=O)(=O)c1cccs1)C(=O)OCC(=O)NC1CC1. The third-order valence-corrected chi connectivity index (χ3v) is 6.09. The van der Waals surface area contributed by atoms with Crippen LogP contribution in [0.3, 0.4) is 0 Å². The van der Waals surface area contributed by atoms with E-state index in [1.807, 2.05) is 0 Å². The lowest BCUT2D eigenvalue weighted by molar-refractivity contribution is -0.151. The standard InChI is InChI=1S/C14H20N2O5S2/c1-9(2)13(16-23(19,20)12-4-3-7-22-12)14(18)21-8-11(17)15-10-5-6-10/h3-4,7,9-10,13,16H,5-6,8H2,1-2H3,(H,15,17)/t13-/m0/s1. The summed E-state index contributed by atoms with van der Waals surface area (Å²) in [5.74, 6) is -1.45. The van der Waals surface area contributed by atoms with Crippen LogP contribution in [0.15, 0.2) is 21.7 Å². The molecule has 0 bridgehead atoms. The van der Waals surface area contributed by atoms with Gasteiger partial charge in [-0.2, -0.15) is 4.72 Å². The van der Waals surface area contributed by atoms with Gasteiger partial charge >= 0.3 is 5.97 Å². The predicted molar refractivity (Wildman–Crippen MR) is 85.4 cm³/mol. The molecule has 1 aliphatic carbocycles. The molecule has 1 aromatic heterocycles. The van der Waals surface area contributed by atoms with Crippen LogP contribution in [0.1, 0.15) is 26.7 Å². The highest BCUT2D eigenvalue weighted by Crippen LogP contribution is 2.19. The highest BCUT2D eigenvalue weighted by molar-refractivity contribution is 7.91. The Morgan fingerprint density at radius 2 is 2.09 bits per heavy atom. The molecule has 0 unspecified atom stereocenters.